The number of likely N-dealkylation sites (tertiary alicyclic amines) is 1. The molecule has 0 amide bonds. The van der Waals surface area contributed by atoms with E-state index < -0.39 is 0 Å². The molecule has 1 atom stereocenters. The van der Waals surface area contributed by atoms with Crippen LogP contribution in [0, 0.1) is 5.92 Å². The maximum atomic E-state index is 5.55. The van der Waals surface area contributed by atoms with Gasteiger partial charge < -0.3 is 5.73 Å². The van der Waals surface area contributed by atoms with Crippen molar-refractivity contribution in [2.45, 2.75) is 12.8 Å². The second kappa shape index (κ2) is 4.07. The van der Waals surface area contributed by atoms with Gasteiger partial charge in [0.05, 0.1) is 0 Å². The van der Waals surface area contributed by atoms with Crippen molar-refractivity contribution in [3.05, 3.63) is 23.8 Å². The highest BCUT2D eigenvalue weighted by atomic mass is 15.1. The molecule has 2 heteroatoms. The number of rotatable bonds is 2. The van der Waals surface area contributed by atoms with Crippen LogP contribution < -0.4 is 5.73 Å². The summed E-state index contributed by atoms with van der Waals surface area (Å²) in [6, 6.07) is 0. The zero-order valence-corrected chi connectivity index (χ0v) is 8.08. The summed E-state index contributed by atoms with van der Waals surface area (Å²) in [5.41, 5.74) is 7.17. The Balaban J connectivity index is 1.97. The fourth-order valence-electron chi connectivity index (χ4n) is 2.26. The Morgan fingerprint density at radius 2 is 2.46 bits per heavy atom. The predicted molar refractivity (Wildman–Crippen MR) is 55.4 cm³/mol. The van der Waals surface area contributed by atoms with E-state index >= 15 is 0 Å². The maximum absolute atomic E-state index is 5.55. The molecule has 2 nitrogen and oxygen atoms in total. The van der Waals surface area contributed by atoms with E-state index in [9.17, 15) is 0 Å². The van der Waals surface area contributed by atoms with Gasteiger partial charge in [0, 0.05) is 19.6 Å². The van der Waals surface area contributed by atoms with E-state index in [0.717, 1.165) is 25.6 Å². The van der Waals surface area contributed by atoms with E-state index in [4.69, 9.17) is 5.73 Å². The smallest absolute Gasteiger partial charge is 0.0199 e. The number of hydrogen-bond donors (Lipinski definition) is 1. The lowest BCUT2D eigenvalue weighted by Gasteiger charge is -2.34. The summed E-state index contributed by atoms with van der Waals surface area (Å²) in [5, 5.41) is 0. The molecule has 1 saturated heterocycles. The molecule has 1 heterocycles. The molecule has 1 unspecified atom stereocenters. The van der Waals surface area contributed by atoms with Crippen LogP contribution in [-0.4, -0.2) is 31.1 Å². The normalized spacial score (nSPS) is 28.4. The minimum Gasteiger partial charge on any atom is -0.329 e. The van der Waals surface area contributed by atoms with Crippen molar-refractivity contribution in [1.29, 1.82) is 0 Å². The lowest BCUT2D eigenvalue weighted by Crippen LogP contribution is -2.38. The van der Waals surface area contributed by atoms with E-state index in [2.05, 4.69) is 23.1 Å². The Bertz CT molecular complexity index is 230. The van der Waals surface area contributed by atoms with Crippen molar-refractivity contribution >= 4 is 0 Å². The lowest BCUT2D eigenvalue weighted by atomic mass is 9.85. The van der Waals surface area contributed by atoms with Crippen LogP contribution in [0.4, 0.5) is 0 Å². The second-order valence-electron chi connectivity index (χ2n) is 3.96. The van der Waals surface area contributed by atoms with Crippen molar-refractivity contribution in [3.8, 4) is 0 Å². The molecule has 0 radical (unpaired) electrons. The fourth-order valence-corrected chi connectivity index (χ4v) is 2.26. The van der Waals surface area contributed by atoms with Crippen LogP contribution in [0.25, 0.3) is 0 Å². The molecule has 0 bridgehead atoms. The first-order valence-corrected chi connectivity index (χ1v) is 5.18. The Kier molecular flexibility index (Phi) is 2.81. The van der Waals surface area contributed by atoms with Gasteiger partial charge in [-0.15, -0.1) is 0 Å². The van der Waals surface area contributed by atoms with Crippen LogP contribution in [0.3, 0.4) is 0 Å². The first-order valence-electron chi connectivity index (χ1n) is 5.18. The largest absolute Gasteiger partial charge is 0.329 e. The Labute approximate surface area is 80.1 Å². The van der Waals surface area contributed by atoms with Gasteiger partial charge in [-0.05, 0) is 25.3 Å². The first-order chi connectivity index (χ1) is 6.40. The van der Waals surface area contributed by atoms with Gasteiger partial charge in [-0.1, -0.05) is 23.8 Å². The van der Waals surface area contributed by atoms with Crippen LogP contribution in [0.2, 0.25) is 0 Å². The molecule has 1 aliphatic carbocycles. The zero-order valence-electron chi connectivity index (χ0n) is 8.08. The average molecular weight is 178 g/mol. The van der Waals surface area contributed by atoms with Gasteiger partial charge >= 0.3 is 0 Å². The van der Waals surface area contributed by atoms with Crippen LogP contribution in [0.5, 0.6) is 0 Å². The summed E-state index contributed by atoms with van der Waals surface area (Å²) in [5.74, 6) is 0.832. The summed E-state index contributed by atoms with van der Waals surface area (Å²) in [6.07, 6.45) is 9.33. The van der Waals surface area contributed by atoms with Crippen molar-refractivity contribution in [2.75, 3.05) is 26.2 Å². The molecule has 0 saturated carbocycles. The van der Waals surface area contributed by atoms with E-state index in [0.29, 0.717) is 0 Å². The standard InChI is InChI=1S/C11H18N2/c12-6-8-13-7-5-10-3-1-2-4-11(10)9-13/h1-2,4,10H,3,5-9,12H2. The van der Waals surface area contributed by atoms with Crippen molar-refractivity contribution in [2.24, 2.45) is 11.7 Å². The van der Waals surface area contributed by atoms with E-state index in [1.165, 1.54) is 19.4 Å². The lowest BCUT2D eigenvalue weighted by molar-refractivity contribution is 0.238. The van der Waals surface area contributed by atoms with Gasteiger partial charge in [0.2, 0.25) is 0 Å². The summed E-state index contributed by atoms with van der Waals surface area (Å²) in [4.78, 5) is 2.46. The summed E-state index contributed by atoms with van der Waals surface area (Å²) < 4.78 is 0. The molecule has 2 aliphatic rings. The van der Waals surface area contributed by atoms with Crippen LogP contribution >= 0.6 is 0 Å². The monoisotopic (exact) mass is 178 g/mol. The topological polar surface area (TPSA) is 29.3 Å². The minimum atomic E-state index is 0.786. The SMILES string of the molecule is NCCN1CCC2CC=CC=C2C1. The second-order valence-corrected chi connectivity index (χ2v) is 3.96. The van der Waals surface area contributed by atoms with E-state index in [1.807, 2.05) is 0 Å². The van der Waals surface area contributed by atoms with Gasteiger partial charge in [0.15, 0.2) is 0 Å². The van der Waals surface area contributed by atoms with E-state index in [1.54, 1.807) is 5.57 Å². The molecule has 0 aromatic carbocycles. The maximum Gasteiger partial charge on any atom is 0.0199 e. The van der Waals surface area contributed by atoms with E-state index in [-0.39, 0.29) is 0 Å². The number of fused-ring (bicyclic) bond motifs is 1. The predicted octanol–water partition coefficient (Wildman–Crippen LogP) is 1.15. The average Bonchev–Trinajstić information content (AvgIpc) is 2.18. The molecule has 2 N–H and O–H groups in total. The zero-order chi connectivity index (χ0) is 9.10. The molecule has 0 aromatic rings. The van der Waals surface area contributed by atoms with Gasteiger partial charge in [0.25, 0.3) is 0 Å². The van der Waals surface area contributed by atoms with Crippen LogP contribution in [0.1, 0.15) is 12.8 Å². The fraction of sp³-hybridized carbons (Fsp3) is 0.636. The van der Waals surface area contributed by atoms with Crippen molar-refractivity contribution in [1.82, 2.24) is 4.90 Å². The molecular weight excluding hydrogens is 160 g/mol. The number of hydrogen-bond acceptors (Lipinski definition) is 2. The number of nitrogens with two attached hydrogens (primary N) is 1. The molecular formula is C11H18N2. The quantitative estimate of drug-likeness (QED) is 0.687. The number of allylic oxidation sites excluding steroid dienone is 3. The summed E-state index contributed by atoms with van der Waals surface area (Å²) in [7, 11) is 0. The van der Waals surface area contributed by atoms with Gasteiger partial charge in [0.1, 0.15) is 0 Å². The minimum absolute atomic E-state index is 0.786. The third kappa shape index (κ3) is 2.01. The van der Waals surface area contributed by atoms with Crippen LogP contribution in [0.15, 0.2) is 23.8 Å². The Hall–Kier alpha value is -0.600. The van der Waals surface area contributed by atoms with Crippen LogP contribution in [-0.2, 0) is 0 Å². The van der Waals surface area contributed by atoms with Crippen molar-refractivity contribution < 1.29 is 0 Å². The highest BCUT2D eigenvalue weighted by molar-refractivity contribution is 5.23. The molecule has 72 valence electrons. The Morgan fingerprint density at radius 1 is 1.54 bits per heavy atom. The molecule has 0 aromatic heterocycles. The summed E-state index contributed by atoms with van der Waals surface area (Å²) >= 11 is 0. The molecule has 1 fully saturated rings. The third-order valence-corrected chi connectivity index (χ3v) is 3.04. The molecule has 0 spiro atoms. The summed E-state index contributed by atoms with van der Waals surface area (Å²) in [6.45, 7) is 4.21. The van der Waals surface area contributed by atoms with Gasteiger partial charge in [-0.3, -0.25) is 4.90 Å². The van der Waals surface area contributed by atoms with Gasteiger partial charge in [-0.25, -0.2) is 0 Å². The van der Waals surface area contributed by atoms with Crippen molar-refractivity contribution in [3.63, 3.8) is 0 Å². The molecule has 1 aliphatic heterocycles. The highest BCUT2D eigenvalue weighted by Crippen LogP contribution is 2.28. The molecule has 13 heavy (non-hydrogen) atoms. The first kappa shape index (κ1) is 8.97. The number of nitrogens with zero attached hydrogens (tertiary/aromatic N) is 1. The number of piperidine rings is 1. The third-order valence-electron chi connectivity index (χ3n) is 3.04. The Morgan fingerprint density at radius 3 is 3.31 bits per heavy atom. The highest BCUT2D eigenvalue weighted by Gasteiger charge is 2.22. The molecule has 2 rings (SSSR count). The van der Waals surface area contributed by atoms with Gasteiger partial charge in [-0.2, -0.15) is 0 Å².